The molecule has 2 aromatic heterocycles. The van der Waals surface area contributed by atoms with Gasteiger partial charge in [0.05, 0.1) is 36.4 Å². The molecule has 2 heterocycles. The van der Waals surface area contributed by atoms with E-state index in [2.05, 4.69) is 26.1 Å². The lowest BCUT2D eigenvalue weighted by Gasteiger charge is -2.20. The van der Waals surface area contributed by atoms with Crippen molar-refractivity contribution >= 4 is 16.9 Å². The largest absolute Gasteiger partial charge is 0.497 e. The van der Waals surface area contributed by atoms with Crippen molar-refractivity contribution in [1.82, 2.24) is 20.1 Å². The van der Waals surface area contributed by atoms with Gasteiger partial charge >= 0.3 is 0 Å². The van der Waals surface area contributed by atoms with Gasteiger partial charge in [0.25, 0.3) is 5.91 Å². The highest BCUT2D eigenvalue weighted by atomic mass is 16.5. The SMILES string of the molecule is COc1ccc(OC)c(C(O)CNC(=O)c2cc(C3CC3)nc3c2c(C)nn3C(C)(C)C)c1. The maximum atomic E-state index is 13.3. The van der Waals surface area contributed by atoms with Gasteiger partial charge in [0.15, 0.2) is 5.65 Å². The minimum Gasteiger partial charge on any atom is -0.497 e. The molecule has 1 fully saturated rings. The molecule has 8 heteroatoms. The number of fused-ring (bicyclic) bond motifs is 1. The first-order chi connectivity index (χ1) is 15.6. The zero-order valence-corrected chi connectivity index (χ0v) is 20.1. The van der Waals surface area contributed by atoms with E-state index in [0.717, 1.165) is 35.3 Å². The van der Waals surface area contributed by atoms with Crippen LogP contribution < -0.4 is 14.8 Å². The lowest BCUT2D eigenvalue weighted by Crippen LogP contribution is -2.29. The minimum absolute atomic E-state index is 0.0252. The van der Waals surface area contributed by atoms with Crippen molar-refractivity contribution in [2.24, 2.45) is 0 Å². The van der Waals surface area contributed by atoms with Crippen LogP contribution in [-0.4, -0.2) is 46.5 Å². The van der Waals surface area contributed by atoms with Gasteiger partial charge in [-0.2, -0.15) is 5.10 Å². The number of aliphatic hydroxyl groups excluding tert-OH is 1. The number of carbonyl (C=O) groups is 1. The highest BCUT2D eigenvalue weighted by molar-refractivity contribution is 6.06. The van der Waals surface area contributed by atoms with Crippen LogP contribution in [0.1, 0.15) is 72.9 Å². The first-order valence-corrected chi connectivity index (χ1v) is 11.2. The van der Waals surface area contributed by atoms with E-state index >= 15 is 0 Å². The van der Waals surface area contributed by atoms with Crippen LogP contribution in [0.25, 0.3) is 11.0 Å². The number of aromatic nitrogens is 3. The first-order valence-electron chi connectivity index (χ1n) is 11.2. The third-order valence-corrected chi connectivity index (χ3v) is 5.96. The predicted octanol–water partition coefficient (Wildman–Crippen LogP) is 3.85. The summed E-state index contributed by atoms with van der Waals surface area (Å²) in [5, 5.41) is 19.1. The number of nitrogens with one attached hydrogen (secondary N) is 1. The summed E-state index contributed by atoms with van der Waals surface area (Å²) in [6, 6.07) is 7.09. The lowest BCUT2D eigenvalue weighted by atomic mass is 10.0. The molecule has 2 N–H and O–H groups in total. The molecule has 33 heavy (non-hydrogen) atoms. The van der Waals surface area contributed by atoms with Crippen LogP contribution in [0.4, 0.5) is 0 Å². The van der Waals surface area contributed by atoms with Gasteiger partial charge in [0.2, 0.25) is 0 Å². The fourth-order valence-corrected chi connectivity index (χ4v) is 4.04. The molecule has 1 aliphatic carbocycles. The number of ether oxygens (including phenoxy) is 2. The van der Waals surface area contributed by atoms with Crippen molar-refractivity contribution < 1.29 is 19.4 Å². The number of pyridine rings is 1. The summed E-state index contributed by atoms with van der Waals surface area (Å²) in [7, 11) is 3.10. The summed E-state index contributed by atoms with van der Waals surface area (Å²) in [5.41, 5.74) is 3.23. The topological polar surface area (TPSA) is 98.5 Å². The number of hydrogen-bond acceptors (Lipinski definition) is 6. The second-order valence-electron chi connectivity index (χ2n) is 9.57. The molecule has 0 spiro atoms. The summed E-state index contributed by atoms with van der Waals surface area (Å²) < 4.78 is 12.5. The van der Waals surface area contributed by atoms with Crippen LogP contribution in [0.3, 0.4) is 0 Å². The Morgan fingerprint density at radius 2 is 1.97 bits per heavy atom. The Labute approximate surface area is 193 Å². The maximum Gasteiger partial charge on any atom is 0.252 e. The third-order valence-electron chi connectivity index (χ3n) is 5.96. The summed E-state index contributed by atoms with van der Waals surface area (Å²) in [6.45, 7) is 8.14. The number of aryl methyl sites for hydroxylation is 1. The van der Waals surface area contributed by atoms with E-state index in [9.17, 15) is 9.90 Å². The normalized spacial score (nSPS) is 14.9. The molecule has 1 saturated carbocycles. The van der Waals surface area contributed by atoms with Crippen molar-refractivity contribution in [3.63, 3.8) is 0 Å². The van der Waals surface area contributed by atoms with Crippen molar-refractivity contribution in [1.29, 1.82) is 0 Å². The summed E-state index contributed by atoms with van der Waals surface area (Å²) in [6.07, 6.45) is 1.20. The number of aliphatic hydroxyl groups is 1. The summed E-state index contributed by atoms with van der Waals surface area (Å²) in [4.78, 5) is 18.2. The van der Waals surface area contributed by atoms with Gasteiger partial charge in [0.1, 0.15) is 17.6 Å². The standard InChI is InChI=1S/C25H32N4O4/c1-14-22-18(12-19(15-7-8-15)27-23(22)29(28-14)25(2,3)4)24(31)26-13-20(30)17-11-16(32-5)9-10-21(17)33-6/h9-12,15,20,30H,7-8,13H2,1-6H3,(H,26,31). The van der Waals surface area contributed by atoms with Gasteiger partial charge in [-0.3, -0.25) is 4.79 Å². The average Bonchev–Trinajstić information content (AvgIpc) is 3.58. The Morgan fingerprint density at radius 3 is 2.58 bits per heavy atom. The Hall–Kier alpha value is -3.13. The van der Waals surface area contributed by atoms with Crippen LogP contribution in [0, 0.1) is 6.92 Å². The zero-order chi connectivity index (χ0) is 23.9. The quantitative estimate of drug-likeness (QED) is 0.565. The van der Waals surface area contributed by atoms with E-state index in [4.69, 9.17) is 19.6 Å². The van der Waals surface area contributed by atoms with Gasteiger partial charge in [-0.25, -0.2) is 9.67 Å². The summed E-state index contributed by atoms with van der Waals surface area (Å²) >= 11 is 0. The Bertz CT molecular complexity index is 1190. The smallest absolute Gasteiger partial charge is 0.252 e. The van der Waals surface area contributed by atoms with E-state index in [0.29, 0.717) is 28.5 Å². The van der Waals surface area contributed by atoms with Crippen LogP contribution in [0.15, 0.2) is 24.3 Å². The van der Waals surface area contributed by atoms with Crippen molar-refractivity contribution in [2.75, 3.05) is 20.8 Å². The number of methoxy groups -OCH3 is 2. The van der Waals surface area contributed by atoms with Crippen LogP contribution in [0.2, 0.25) is 0 Å². The molecule has 176 valence electrons. The third kappa shape index (κ3) is 4.53. The number of carbonyl (C=O) groups excluding carboxylic acids is 1. The van der Waals surface area contributed by atoms with Crippen LogP contribution in [0.5, 0.6) is 11.5 Å². The molecular weight excluding hydrogens is 420 g/mol. The van der Waals surface area contributed by atoms with E-state index in [-0.39, 0.29) is 18.0 Å². The molecule has 1 atom stereocenters. The lowest BCUT2D eigenvalue weighted by molar-refractivity contribution is 0.0916. The Balaban J connectivity index is 1.65. The minimum atomic E-state index is -0.961. The highest BCUT2D eigenvalue weighted by Crippen LogP contribution is 2.41. The molecule has 1 aliphatic rings. The van der Waals surface area contributed by atoms with Crippen molar-refractivity contribution in [2.45, 2.75) is 58.1 Å². The molecule has 0 radical (unpaired) electrons. The monoisotopic (exact) mass is 452 g/mol. The molecule has 1 unspecified atom stereocenters. The molecule has 0 aliphatic heterocycles. The number of amides is 1. The molecule has 0 saturated heterocycles. The molecular formula is C25H32N4O4. The van der Waals surface area contributed by atoms with Gasteiger partial charge in [0, 0.05) is 23.7 Å². The fraction of sp³-hybridized carbons (Fsp3) is 0.480. The molecule has 0 bridgehead atoms. The number of nitrogens with zero attached hydrogens (tertiary/aromatic N) is 3. The van der Waals surface area contributed by atoms with Gasteiger partial charge < -0.3 is 19.9 Å². The second-order valence-corrected chi connectivity index (χ2v) is 9.57. The molecule has 1 amide bonds. The number of benzene rings is 1. The average molecular weight is 453 g/mol. The van der Waals surface area contributed by atoms with E-state index in [1.54, 1.807) is 32.4 Å². The number of rotatable bonds is 7. The first kappa shape index (κ1) is 23.0. The molecule has 3 aromatic rings. The van der Waals surface area contributed by atoms with E-state index in [1.165, 1.54) is 0 Å². The van der Waals surface area contributed by atoms with Gasteiger partial charge in [-0.1, -0.05) is 0 Å². The zero-order valence-electron chi connectivity index (χ0n) is 20.1. The highest BCUT2D eigenvalue weighted by Gasteiger charge is 2.30. The van der Waals surface area contributed by atoms with Crippen LogP contribution >= 0.6 is 0 Å². The van der Waals surface area contributed by atoms with Crippen molar-refractivity contribution in [3.05, 3.63) is 46.8 Å². The van der Waals surface area contributed by atoms with Crippen LogP contribution in [-0.2, 0) is 5.54 Å². The molecule has 8 nitrogen and oxygen atoms in total. The summed E-state index contributed by atoms with van der Waals surface area (Å²) in [5.74, 6) is 1.26. The number of hydrogen-bond donors (Lipinski definition) is 2. The predicted molar refractivity (Wildman–Crippen MR) is 126 cm³/mol. The van der Waals surface area contributed by atoms with E-state index in [1.807, 2.05) is 17.7 Å². The Morgan fingerprint density at radius 1 is 1.24 bits per heavy atom. The fourth-order valence-electron chi connectivity index (χ4n) is 4.04. The Kier molecular flexibility index (Phi) is 6.05. The van der Waals surface area contributed by atoms with E-state index < -0.39 is 6.10 Å². The van der Waals surface area contributed by atoms with Gasteiger partial charge in [-0.15, -0.1) is 0 Å². The van der Waals surface area contributed by atoms with Crippen molar-refractivity contribution in [3.8, 4) is 11.5 Å². The molecule has 4 rings (SSSR count). The second kappa shape index (κ2) is 8.67. The molecule has 1 aromatic carbocycles. The maximum absolute atomic E-state index is 13.3. The van der Waals surface area contributed by atoms with Gasteiger partial charge in [-0.05, 0) is 64.8 Å².